The van der Waals surface area contributed by atoms with Crippen LogP contribution in [0.2, 0.25) is 0 Å². The van der Waals surface area contributed by atoms with Crippen LogP contribution in [0.5, 0.6) is 0 Å². The first-order chi connectivity index (χ1) is 13.7. The number of amides is 2. The second-order valence-electron chi connectivity index (χ2n) is 7.28. The molecule has 0 spiro atoms. The van der Waals surface area contributed by atoms with E-state index in [2.05, 4.69) is 17.0 Å². The Morgan fingerprint density at radius 3 is 2.52 bits per heavy atom. The molecule has 9 heteroatoms. The van der Waals surface area contributed by atoms with Gasteiger partial charge in [-0.05, 0) is 55.0 Å². The molecule has 1 aromatic heterocycles. The fraction of sp³-hybridized carbons (Fsp3) is 0.400. The fourth-order valence-corrected chi connectivity index (χ4v) is 6.42. The summed E-state index contributed by atoms with van der Waals surface area (Å²) in [5, 5.41) is 2.87. The first kappa shape index (κ1) is 21.3. The van der Waals surface area contributed by atoms with E-state index in [1.807, 2.05) is 0 Å². The monoisotopic (exact) mass is 435 g/mol. The number of carbonyl (C=O) groups excluding carboxylic acids is 2. The summed E-state index contributed by atoms with van der Waals surface area (Å²) in [6.07, 6.45) is 4.78. The number of nitrogens with one attached hydrogen (secondary N) is 2. The number of hydrogen-bond donors (Lipinski definition) is 3. The van der Waals surface area contributed by atoms with E-state index in [1.54, 1.807) is 0 Å². The minimum absolute atomic E-state index is 0.0391. The second kappa shape index (κ2) is 8.54. The lowest BCUT2D eigenvalue weighted by Gasteiger charge is -2.21. The van der Waals surface area contributed by atoms with E-state index in [-0.39, 0.29) is 15.8 Å². The molecule has 7 nitrogen and oxygen atoms in total. The van der Waals surface area contributed by atoms with Crippen LogP contribution < -0.4 is 15.8 Å². The number of benzene rings is 1. The van der Waals surface area contributed by atoms with E-state index in [1.165, 1.54) is 42.5 Å². The van der Waals surface area contributed by atoms with Crippen LogP contribution in [0.1, 0.15) is 53.9 Å². The summed E-state index contributed by atoms with van der Waals surface area (Å²) < 4.78 is 28.2. The van der Waals surface area contributed by atoms with Gasteiger partial charge in [0.25, 0.3) is 15.9 Å². The molecule has 0 bridgehead atoms. The van der Waals surface area contributed by atoms with Crippen molar-refractivity contribution < 1.29 is 18.0 Å². The number of thiophene rings is 1. The van der Waals surface area contributed by atoms with Gasteiger partial charge in [0.15, 0.2) is 0 Å². The van der Waals surface area contributed by atoms with Crippen molar-refractivity contribution in [1.82, 2.24) is 0 Å². The van der Waals surface area contributed by atoms with E-state index in [0.29, 0.717) is 17.2 Å². The van der Waals surface area contributed by atoms with Crippen molar-refractivity contribution in [2.24, 2.45) is 11.7 Å². The smallest absolute Gasteiger partial charge is 0.262 e. The van der Waals surface area contributed by atoms with Crippen molar-refractivity contribution in [2.45, 2.75) is 50.8 Å². The van der Waals surface area contributed by atoms with E-state index in [9.17, 15) is 18.0 Å². The zero-order valence-electron chi connectivity index (χ0n) is 16.4. The van der Waals surface area contributed by atoms with Gasteiger partial charge in [0.05, 0.1) is 10.5 Å². The minimum atomic E-state index is -3.90. The maximum Gasteiger partial charge on any atom is 0.262 e. The molecule has 0 aliphatic heterocycles. The first-order valence-electron chi connectivity index (χ1n) is 9.56. The molecule has 4 N–H and O–H groups in total. The fourth-order valence-electron chi connectivity index (χ4n) is 3.74. The highest BCUT2D eigenvalue weighted by Crippen LogP contribution is 2.41. The van der Waals surface area contributed by atoms with Gasteiger partial charge in [-0.1, -0.05) is 19.8 Å². The second-order valence-corrected chi connectivity index (χ2v) is 10.1. The predicted molar refractivity (Wildman–Crippen MR) is 115 cm³/mol. The normalized spacial score (nSPS) is 16.1. The predicted octanol–water partition coefficient (Wildman–Crippen LogP) is 3.51. The first-order valence-corrected chi connectivity index (χ1v) is 11.9. The van der Waals surface area contributed by atoms with Gasteiger partial charge in [0.1, 0.15) is 5.00 Å². The van der Waals surface area contributed by atoms with Crippen LogP contribution in [-0.2, 0) is 27.7 Å². The van der Waals surface area contributed by atoms with Gasteiger partial charge in [0, 0.05) is 17.5 Å². The summed E-state index contributed by atoms with van der Waals surface area (Å²) in [5.74, 6) is -0.303. The molecular weight excluding hydrogens is 410 g/mol. The Bertz CT molecular complexity index is 1030. The average Bonchev–Trinajstić information content (AvgIpc) is 2.98. The lowest BCUT2D eigenvalue weighted by molar-refractivity contribution is -0.114. The maximum absolute atomic E-state index is 12.8. The van der Waals surface area contributed by atoms with Crippen LogP contribution in [0.4, 0.5) is 10.7 Å². The van der Waals surface area contributed by atoms with Crippen molar-refractivity contribution in [2.75, 3.05) is 10.0 Å². The number of rotatable bonds is 7. The largest absolute Gasteiger partial charge is 0.365 e. The molecule has 3 rings (SSSR count). The summed E-state index contributed by atoms with van der Waals surface area (Å²) in [7, 11) is -3.90. The van der Waals surface area contributed by atoms with Gasteiger partial charge in [-0.25, -0.2) is 8.42 Å². The van der Waals surface area contributed by atoms with Crippen LogP contribution in [0.15, 0.2) is 29.2 Å². The van der Waals surface area contributed by atoms with E-state index < -0.39 is 15.9 Å². The molecule has 0 radical (unpaired) electrons. The highest BCUT2D eigenvalue weighted by molar-refractivity contribution is 7.93. The maximum atomic E-state index is 12.8. The third kappa shape index (κ3) is 4.79. The molecule has 1 atom stereocenters. The van der Waals surface area contributed by atoms with Crippen LogP contribution in [0.25, 0.3) is 0 Å². The Balaban J connectivity index is 1.89. The molecule has 2 amide bonds. The third-order valence-electron chi connectivity index (χ3n) is 5.02. The Hall–Kier alpha value is -2.39. The SMILES string of the molecule is CCC[C@@H]1CCc2c(sc(NS(=O)(=O)c3ccc(NC(C)=O)cc3)c2C(N)=O)C1. The summed E-state index contributed by atoms with van der Waals surface area (Å²) in [4.78, 5) is 24.3. The van der Waals surface area contributed by atoms with Gasteiger partial charge in [-0.15, -0.1) is 11.3 Å². The lowest BCUT2D eigenvalue weighted by Crippen LogP contribution is -2.20. The number of fused-ring (bicyclic) bond motifs is 1. The Morgan fingerprint density at radius 2 is 1.93 bits per heavy atom. The summed E-state index contributed by atoms with van der Waals surface area (Å²) >= 11 is 1.30. The highest BCUT2D eigenvalue weighted by atomic mass is 32.2. The van der Waals surface area contributed by atoms with E-state index in [4.69, 9.17) is 5.73 Å². The van der Waals surface area contributed by atoms with Gasteiger partial charge in [-0.2, -0.15) is 0 Å². The zero-order valence-corrected chi connectivity index (χ0v) is 18.1. The van der Waals surface area contributed by atoms with Crippen molar-refractivity contribution in [1.29, 1.82) is 0 Å². The molecule has 156 valence electrons. The Kier molecular flexibility index (Phi) is 6.28. The Morgan fingerprint density at radius 1 is 1.24 bits per heavy atom. The molecule has 0 unspecified atom stereocenters. The number of carbonyl (C=O) groups is 2. The van der Waals surface area contributed by atoms with Crippen LogP contribution in [-0.4, -0.2) is 20.2 Å². The van der Waals surface area contributed by atoms with Crippen molar-refractivity contribution in [3.05, 3.63) is 40.3 Å². The number of nitrogens with two attached hydrogens (primary N) is 1. The molecule has 1 aromatic carbocycles. The zero-order chi connectivity index (χ0) is 21.2. The van der Waals surface area contributed by atoms with Gasteiger partial charge < -0.3 is 11.1 Å². The number of hydrogen-bond acceptors (Lipinski definition) is 5. The molecule has 29 heavy (non-hydrogen) atoms. The van der Waals surface area contributed by atoms with Crippen molar-refractivity contribution in [3.63, 3.8) is 0 Å². The topological polar surface area (TPSA) is 118 Å². The van der Waals surface area contributed by atoms with E-state index >= 15 is 0 Å². The number of primary amides is 1. The van der Waals surface area contributed by atoms with E-state index in [0.717, 1.165) is 42.5 Å². The molecular formula is C20H25N3O4S2. The molecule has 1 heterocycles. The number of anilines is 2. The minimum Gasteiger partial charge on any atom is -0.365 e. The lowest BCUT2D eigenvalue weighted by atomic mass is 9.84. The number of sulfonamides is 1. The van der Waals surface area contributed by atoms with Crippen LogP contribution >= 0.6 is 11.3 Å². The summed E-state index contributed by atoms with van der Waals surface area (Å²) in [6, 6.07) is 5.84. The summed E-state index contributed by atoms with van der Waals surface area (Å²) in [6.45, 7) is 3.52. The molecule has 0 fully saturated rings. The molecule has 2 aromatic rings. The van der Waals surface area contributed by atoms with Gasteiger partial charge >= 0.3 is 0 Å². The Labute approximate surface area is 174 Å². The molecule has 1 aliphatic carbocycles. The van der Waals surface area contributed by atoms with Crippen LogP contribution in [0.3, 0.4) is 0 Å². The quantitative estimate of drug-likeness (QED) is 0.616. The van der Waals surface area contributed by atoms with Crippen molar-refractivity contribution in [3.8, 4) is 0 Å². The molecule has 0 saturated carbocycles. The van der Waals surface area contributed by atoms with Crippen LogP contribution in [0, 0.1) is 5.92 Å². The molecule has 1 aliphatic rings. The molecule has 0 saturated heterocycles. The third-order valence-corrected chi connectivity index (χ3v) is 7.69. The summed E-state index contributed by atoms with van der Waals surface area (Å²) in [5.41, 5.74) is 7.27. The van der Waals surface area contributed by atoms with Gasteiger partial charge in [0.2, 0.25) is 5.91 Å². The average molecular weight is 436 g/mol. The highest BCUT2D eigenvalue weighted by Gasteiger charge is 2.29. The van der Waals surface area contributed by atoms with Crippen molar-refractivity contribution >= 4 is 43.9 Å². The van der Waals surface area contributed by atoms with Gasteiger partial charge in [-0.3, -0.25) is 14.3 Å². The standard InChI is InChI=1S/C20H25N3O4S2/c1-3-4-13-5-10-16-17(11-13)28-20(18(16)19(21)25)23-29(26,27)15-8-6-14(7-9-15)22-12(2)24/h6-9,13,23H,3-5,10-11H2,1-2H3,(H2,21,25)(H,22,24)/t13-/m1/s1.